The predicted molar refractivity (Wildman–Crippen MR) is 107 cm³/mol. The van der Waals surface area contributed by atoms with Crippen LogP contribution in [0.15, 0.2) is 18.2 Å². The van der Waals surface area contributed by atoms with Crippen LogP contribution in [0.2, 0.25) is 0 Å². The van der Waals surface area contributed by atoms with Gasteiger partial charge in [-0.05, 0) is 69.3 Å². The largest absolute Gasteiger partial charge is 0.478 e. The summed E-state index contributed by atoms with van der Waals surface area (Å²) < 4.78 is 2.00. The number of benzene rings is 1. The Morgan fingerprint density at radius 1 is 1.22 bits per heavy atom. The smallest absolute Gasteiger partial charge is 0.335 e. The lowest BCUT2D eigenvalue weighted by atomic mass is 9.92. The predicted octanol–water partition coefficient (Wildman–Crippen LogP) is 3.73. The number of rotatable bonds is 6. The Kier molecular flexibility index (Phi) is 5.34. The van der Waals surface area contributed by atoms with Crippen LogP contribution in [-0.2, 0) is 7.05 Å². The zero-order valence-electron chi connectivity index (χ0n) is 16.2. The van der Waals surface area contributed by atoms with Crippen LogP contribution in [0.25, 0.3) is 11.0 Å². The lowest BCUT2D eigenvalue weighted by molar-refractivity contribution is 0.0697. The van der Waals surface area contributed by atoms with E-state index in [9.17, 15) is 4.79 Å². The molecular formula is C21H30N4O2. The SMILES string of the molecule is Cn1c(NCCC2CCN(C3CCCC3)CC2)nc2cc(C(=O)O)ccc21. The van der Waals surface area contributed by atoms with Gasteiger partial charge in [0.2, 0.25) is 5.95 Å². The summed E-state index contributed by atoms with van der Waals surface area (Å²) in [4.78, 5) is 18.4. The van der Waals surface area contributed by atoms with Crippen molar-refractivity contribution < 1.29 is 9.90 Å². The van der Waals surface area contributed by atoms with Gasteiger partial charge >= 0.3 is 5.97 Å². The topological polar surface area (TPSA) is 70.4 Å². The number of aromatic nitrogens is 2. The summed E-state index contributed by atoms with van der Waals surface area (Å²) in [7, 11) is 1.97. The highest BCUT2D eigenvalue weighted by molar-refractivity contribution is 5.93. The molecule has 1 aromatic carbocycles. The van der Waals surface area contributed by atoms with Crippen molar-refractivity contribution in [3.05, 3.63) is 23.8 Å². The fourth-order valence-electron chi connectivity index (χ4n) is 4.76. The maximum absolute atomic E-state index is 11.1. The Morgan fingerprint density at radius 3 is 2.67 bits per heavy atom. The van der Waals surface area contributed by atoms with Crippen molar-refractivity contribution >= 4 is 23.0 Å². The number of carbonyl (C=O) groups is 1. The molecule has 1 aromatic heterocycles. The third-order valence-electron chi connectivity index (χ3n) is 6.45. The van der Waals surface area contributed by atoms with Gasteiger partial charge < -0.3 is 19.9 Å². The van der Waals surface area contributed by atoms with E-state index < -0.39 is 5.97 Å². The second kappa shape index (κ2) is 7.89. The number of nitrogens with zero attached hydrogens (tertiary/aromatic N) is 3. The van der Waals surface area contributed by atoms with Gasteiger partial charge in [0.25, 0.3) is 0 Å². The Balaban J connectivity index is 1.29. The van der Waals surface area contributed by atoms with E-state index in [1.54, 1.807) is 12.1 Å². The van der Waals surface area contributed by atoms with Crippen molar-refractivity contribution in [1.29, 1.82) is 0 Å². The number of carboxylic acid groups (broad SMARTS) is 1. The van der Waals surface area contributed by atoms with Crippen LogP contribution in [0.1, 0.15) is 55.3 Å². The van der Waals surface area contributed by atoms with Gasteiger partial charge in [-0.2, -0.15) is 0 Å². The van der Waals surface area contributed by atoms with Crippen LogP contribution in [0.4, 0.5) is 5.95 Å². The van der Waals surface area contributed by atoms with Crippen molar-refractivity contribution in [1.82, 2.24) is 14.5 Å². The van der Waals surface area contributed by atoms with E-state index in [1.165, 1.54) is 58.0 Å². The highest BCUT2D eigenvalue weighted by Gasteiger charge is 2.26. The van der Waals surface area contributed by atoms with Crippen LogP contribution in [-0.4, -0.2) is 51.2 Å². The van der Waals surface area contributed by atoms with E-state index in [-0.39, 0.29) is 5.56 Å². The molecule has 1 saturated carbocycles. The number of nitrogens with one attached hydrogen (secondary N) is 1. The van der Waals surface area contributed by atoms with Crippen molar-refractivity contribution in [2.45, 2.75) is 51.0 Å². The molecule has 0 atom stereocenters. The number of likely N-dealkylation sites (tertiary alicyclic amines) is 1. The summed E-state index contributed by atoms with van der Waals surface area (Å²) in [5.74, 6) is 0.695. The average molecular weight is 370 g/mol. The zero-order chi connectivity index (χ0) is 18.8. The van der Waals surface area contributed by atoms with Crippen LogP contribution in [0.3, 0.4) is 0 Å². The van der Waals surface area contributed by atoms with Gasteiger partial charge in [0, 0.05) is 19.6 Å². The summed E-state index contributed by atoms with van der Waals surface area (Å²) in [5, 5.41) is 12.6. The summed E-state index contributed by atoms with van der Waals surface area (Å²) in [5.41, 5.74) is 1.96. The molecule has 146 valence electrons. The number of piperidine rings is 1. The highest BCUT2D eigenvalue weighted by atomic mass is 16.4. The summed E-state index contributed by atoms with van der Waals surface area (Å²) in [6, 6.07) is 5.96. The first-order valence-corrected chi connectivity index (χ1v) is 10.3. The minimum absolute atomic E-state index is 0.279. The maximum atomic E-state index is 11.1. The second-order valence-electron chi connectivity index (χ2n) is 8.14. The van der Waals surface area contributed by atoms with Crippen molar-refractivity contribution in [3.8, 4) is 0 Å². The van der Waals surface area contributed by atoms with Crippen molar-refractivity contribution in [2.75, 3.05) is 25.0 Å². The zero-order valence-corrected chi connectivity index (χ0v) is 16.2. The van der Waals surface area contributed by atoms with Crippen molar-refractivity contribution in [2.24, 2.45) is 13.0 Å². The fraction of sp³-hybridized carbons (Fsp3) is 0.619. The lowest BCUT2D eigenvalue weighted by Crippen LogP contribution is -2.40. The van der Waals surface area contributed by atoms with Gasteiger partial charge in [-0.3, -0.25) is 0 Å². The number of carboxylic acids is 1. The molecule has 6 heteroatoms. The number of fused-ring (bicyclic) bond motifs is 1. The Hall–Kier alpha value is -2.08. The van der Waals surface area contributed by atoms with Gasteiger partial charge in [0.15, 0.2) is 0 Å². The first-order chi connectivity index (χ1) is 13.1. The standard InChI is InChI=1S/C21H30N4O2/c1-24-19-7-6-16(20(26)27)14-18(19)23-21(24)22-11-8-15-9-12-25(13-10-15)17-4-2-3-5-17/h6-7,14-15,17H,2-5,8-13H2,1H3,(H,22,23)(H,26,27). The number of aromatic carboxylic acids is 1. The van der Waals surface area contributed by atoms with Crippen LogP contribution in [0.5, 0.6) is 0 Å². The molecule has 6 nitrogen and oxygen atoms in total. The molecule has 0 amide bonds. The van der Waals surface area contributed by atoms with Gasteiger partial charge in [-0.15, -0.1) is 0 Å². The summed E-state index contributed by atoms with van der Waals surface area (Å²) >= 11 is 0. The number of aryl methyl sites for hydroxylation is 1. The molecule has 2 N–H and O–H groups in total. The minimum atomic E-state index is -0.916. The van der Waals surface area contributed by atoms with E-state index in [0.29, 0.717) is 0 Å². The Labute approximate surface area is 160 Å². The van der Waals surface area contributed by atoms with Crippen LogP contribution >= 0.6 is 0 Å². The van der Waals surface area contributed by atoms with Crippen LogP contribution in [0, 0.1) is 5.92 Å². The van der Waals surface area contributed by atoms with Crippen LogP contribution < -0.4 is 5.32 Å². The van der Waals surface area contributed by atoms with Gasteiger partial charge in [-0.1, -0.05) is 12.8 Å². The monoisotopic (exact) mass is 370 g/mol. The summed E-state index contributed by atoms with van der Waals surface area (Å²) in [6.45, 7) is 3.44. The first kappa shape index (κ1) is 18.3. The minimum Gasteiger partial charge on any atom is -0.478 e. The molecule has 0 bridgehead atoms. The summed E-state index contributed by atoms with van der Waals surface area (Å²) in [6.07, 6.45) is 9.43. The molecule has 0 spiro atoms. The Bertz CT molecular complexity index is 802. The first-order valence-electron chi connectivity index (χ1n) is 10.3. The second-order valence-corrected chi connectivity index (χ2v) is 8.14. The fourth-order valence-corrected chi connectivity index (χ4v) is 4.76. The molecule has 1 aliphatic carbocycles. The number of hydrogen-bond acceptors (Lipinski definition) is 4. The van der Waals surface area contributed by atoms with Gasteiger partial charge in [-0.25, -0.2) is 9.78 Å². The molecule has 27 heavy (non-hydrogen) atoms. The molecule has 1 saturated heterocycles. The number of hydrogen-bond donors (Lipinski definition) is 2. The highest BCUT2D eigenvalue weighted by Crippen LogP contribution is 2.29. The average Bonchev–Trinajstić information content (AvgIpc) is 3.31. The molecule has 2 aliphatic rings. The molecule has 1 aliphatic heterocycles. The molecule has 4 rings (SSSR count). The normalized spacial score (nSPS) is 19.7. The molecule has 0 radical (unpaired) electrons. The van der Waals surface area contributed by atoms with E-state index in [1.807, 2.05) is 17.7 Å². The molecular weight excluding hydrogens is 340 g/mol. The molecule has 2 fully saturated rings. The van der Waals surface area contributed by atoms with E-state index in [4.69, 9.17) is 5.11 Å². The molecule has 0 unspecified atom stereocenters. The maximum Gasteiger partial charge on any atom is 0.335 e. The van der Waals surface area contributed by atoms with Gasteiger partial charge in [0.1, 0.15) is 0 Å². The number of imidazole rings is 1. The van der Waals surface area contributed by atoms with E-state index in [2.05, 4.69) is 15.2 Å². The van der Waals surface area contributed by atoms with E-state index >= 15 is 0 Å². The molecule has 2 heterocycles. The van der Waals surface area contributed by atoms with Gasteiger partial charge in [0.05, 0.1) is 16.6 Å². The quantitative estimate of drug-likeness (QED) is 0.811. The lowest BCUT2D eigenvalue weighted by Gasteiger charge is -2.36. The third-order valence-corrected chi connectivity index (χ3v) is 6.45. The third kappa shape index (κ3) is 3.95. The van der Waals surface area contributed by atoms with Crippen molar-refractivity contribution in [3.63, 3.8) is 0 Å². The Morgan fingerprint density at radius 2 is 1.96 bits per heavy atom. The molecule has 2 aromatic rings. The van der Waals surface area contributed by atoms with E-state index in [0.717, 1.165) is 35.5 Å². The number of anilines is 1.